The SMILES string of the molecule is Cn1ccnc1-c1ccccc1C(=O)NCCN1CCCC(CO)C1. The van der Waals surface area contributed by atoms with Gasteiger partial charge in [0.15, 0.2) is 0 Å². The summed E-state index contributed by atoms with van der Waals surface area (Å²) in [6, 6.07) is 7.55. The Morgan fingerprint density at radius 3 is 3.00 bits per heavy atom. The molecule has 3 rings (SSSR count). The summed E-state index contributed by atoms with van der Waals surface area (Å²) < 4.78 is 1.91. The number of rotatable bonds is 6. The Kier molecular flexibility index (Phi) is 5.83. The van der Waals surface area contributed by atoms with Crippen LogP contribution in [-0.4, -0.2) is 58.3 Å². The molecule has 1 aliphatic rings. The number of hydrogen-bond acceptors (Lipinski definition) is 4. The fraction of sp³-hybridized carbons (Fsp3) is 0.474. The van der Waals surface area contributed by atoms with Gasteiger partial charge < -0.3 is 19.9 Å². The number of aryl methyl sites for hydroxylation is 1. The Hall–Kier alpha value is -2.18. The summed E-state index contributed by atoms with van der Waals surface area (Å²) in [5.41, 5.74) is 1.48. The number of hydrogen-bond donors (Lipinski definition) is 2. The second kappa shape index (κ2) is 8.27. The largest absolute Gasteiger partial charge is 0.396 e. The highest BCUT2D eigenvalue weighted by Crippen LogP contribution is 2.21. The van der Waals surface area contributed by atoms with Gasteiger partial charge in [0, 0.05) is 51.2 Å². The van der Waals surface area contributed by atoms with Crippen molar-refractivity contribution in [2.45, 2.75) is 12.8 Å². The molecule has 1 aromatic carbocycles. The van der Waals surface area contributed by atoms with E-state index in [-0.39, 0.29) is 12.5 Å². The predicted octanol–water partition coefficient (Wildman–Crippen LogP) is 1.52. The van der Waals surface area contributed by atoms with Gasteiger partial charge in [0.05, 0.1) is 5.56 Å². The highest BCUT2D eigenvalue weighted by Gasteiger charge is 2.19. The van der Waals surface area contributed by atoms with E-state index >= 15 is 0 Å². The Morgan fingerprint density at radius 1 is 1.40 bits per heavy atom. The molecule has 1 aromatic heterocycles. The van der Waals surface area contributed by atoms with Gasteiger partial charge in [0.25, 0.3) is 5.91 Å². The number of likely N-dealkylation sites (tertiary alicyclic amines) is 1. The zero-order valence-corrected chi connectivity index (χ0v) is 14.7. The zero-order chi connectivity index (χ0) is 17.6. The van der Waals surface area contributed by atoms with E-state index in [0.29, 0.717) is 18.0 Å². The molecule has 6 nitrogen and oxygen atoms in total. The van der Waals surface area contributed by atoms with Crippen molar-refractivity contribution in [2.24, 2.45) is 13.0 Å². The minimum Gasteiger partial charge on any atom is -0.396 e. The van der Waals surface area contributed by atoms with Crippen molar-refractivity contribution in [3.05, 3.63) is 42.2 Å². The van der Waals surface area contributed by atoms with Crippen LogP contribution in [0, 0.1) is 5.92 Å². The molecule has 0 spiro atoms. The van der Waals surface area contributed by atoms with E-state index in [1.165, 1.54) is 0 Å². The van der Waals surface area contributed by atoms with E-state index in [1.807, 2.05) is 42.1 Å². The molecular formula is C19H26N4O2. The maximum absolute atomic E-state index is 12.6. The maximum atomic E-state index is 12.6. The minimum absolute atomic E-state index is 0.0747. The van der Waals surface area contributed by atoms with Crippen LogP contribution in [0.2, 0.25) is 0 Å². The van der Waals surface area contributed by atoms with Gasteiger partial charge in [-0.05, 0) is 31.4 Å². The summed E-state index contributed by atoms with van der Waals surface area (Å²) in [5, 5.41) is 12.3. The van der Waals surface area contributed by atoms with Crippen LogP contribution >= 0.6 is 0 Å². The Morgan fingerprint density at radius 2 is 2.24 bits per heavy atom. The van der Waals surface area contributed by atoms with Gasteiger partial charge in [-0.2, -0.15) is 0 Å². The van der Waals surface area contributed by atoms with Gasteiger partial charge in [0.2, 0.25) is 0 Å². The number of aromatic nitrogens is 2. The van der Waals surface area contributed by atoms with Crippen LogP contribution in [0.3, 0.4) is 0 Å². The second-order valence-corrected chi connectivity index (χ2v) is 6.65. The quantitative estimate of drug-likeness (QED) is 0.835. The second-order valence-electron chi connectivity index (χ2n) is 6.65. The Labute approximate surface area is 148 Å². The van der Waals surface area contributed by atoms with E-state index in [4.69, 9.17) is 0 Å². The Bertz CT molecular complexity index is 713. The van der Waals surface area contributed by atoms with Gasteiger partial charge in [-0.1, -0.05) is 18.2 Å². The first-order chi connectivity index (χ1) is 12.2. The fourth-order valence-corrected chi connectivity index (χ4v) is 3.43. The third kappa shape index (κ3) is 4.27. The molecule has 0 radical (unpaired) electrons. The number of benzene rings is 1. The molecule has 0 bridgehead atoms. The molecular weight excluding hydrogens is 316 g/mol. The van der Waals surface area contributed by atoms with Crippen LogP contribution in [0.25, 0.3) is 11.4 Å². The predicted molar refractivity (Wildman–Crippen MR) is 97.2 cm³/mol. The normalized spacial score (nSPS) is 18.2. The molecule has 25 heavy (non-hydrogen) atoms. The highest BCUT2D eigenvalue weighted by molar-refractivity contribution is 6.00. The van der Waals surface area contributed by atoms with Crippen molar-refractivity contribution >= 4 is 5.91 Å². The number of aliphatic hydroxyl groups excluding tert-OH is 1. The van der Waals surface area contributed by atoms with Crippen molar-refractivity contribution in [1.29, 1.82) is 0 Å². The van der Waals surface area contributed by atoms with Crippen molar-refractivity contribution < 1.29 is 9.90 Å². The molecule has 0 aliphatic carbocycles. The number of nitrogens with zero attached hydrogens (tertiary/aromatic N) is 3. The van der Waals surface area contributed by atoms with Crippen molar-refractivity contribution in [2.75, 3.05) is 32.8 Å². The average Bonchev–Trinajstić information content (AvgIpc) is 3.07. The van der Waals surface area contributed by atoms with Crippen molar-refractivity contribution in [3.8, 4) is 11.4 Å². The molecule has 2 aromatic rings. The monoisotopic (exact) mass is 342 g/mol. The lowest BCUT2D eigenvalue weighted by atomic mass is 9.99. The lowest BCUT2D eigenvalue weighted by molar-refractivity contribution is 0.0931. The molecule has 0 saturated carbocycles. The lowest BCUT2D eigenvalue weighted by Crippen LogP contribution is -2.41. The van der Waals surface area contributed by atoms with E-state index in [0.717, 1.165) is 43.9 Å². The fourth-order valence-electron chi connectivity index (χ4n) is 3.43. The van der Waals surface area contributed by atoms with Crippen LogP contribution in [0.1, 0.15) is 23.2 Å². The molecule has 1 atom stereocenters. The number of carbonyl (C=O) groups excluding carboxylic acids is 1. The highest BCUT2D eigenvalue weighted by atomic mass is 16.3. The number of nitrogens with one attached hydrogen (secondary N) is 1. The van der Waals surface area contributed by atoms with Gasteiger partial charge in [-0.15, -0.1) is 0 Å². The average molecular weight is 342 g/mol. The summed E-state index contributed by atoms with van der Waals surface area (Å²) in [5.74, 6) is 1.08. The molecule has 2 heterocycles. The molecule has 1 saturated heterocycles. The van der Waals surface area contributed by atoms with E-state index in [2.05, 4.69) is 15.2 Å². The Balaban J connectivity index is 1.60. The van der Waals surface area contributed by atoms with Gasteiger partial charge in [-0.25, -0.2) is 4.98 Å². The van der Waals surface area contributed by atoms with E-state index < -0.39 is 0 Å². The maximum Gasteiger partial charge on any atom is 0.252 e. The summed E-state index contributed by atoms with van der Waals surface area (Å²) >= 11 is 0. The summed E-state index contributed by atoms with van der Waals surface area (Å²) in [6.45, 7) is 3.62. The van der Waals surface area contributed by atoms with Gasteiger partial charge >= 0.3 is 0 Å². The topological polar surface area (TPSA) is 70.4 Å². The molecule has 6 heteroatoms. The van der Waals surface area contributed by atoms with E-state index in [9.17, 15) is 9.90 Å². The van der Waals surface area contributed by atoms with Crippen molar-refractivity contribution in [1.82, 2.24) is 19.8 Å². The smallest absolute Gasteiger partial charge is 0.252 e. The number of piperidine rings is 1. The number of aliphatic hydroxyl groups is 1. The minimum atomic E-state index is -0.0747. The summed E-state index contributed by atoms with van der Waals surface area (Å²) in [7, 11) is 1.92. The number of carbonyl (C=O) groups is 1. The first kappa shape index (κ1) is 17.6. The molecule has 2 N–H and O–H groups in total. The molecule has 1 aliphatic heterocycles. The van der Waals surface area contributed by atoms with Crippen molar-refractivity contribution in [3.63, 3.8) is 0 Å². The summed E-state index contributed by atoms with van der Waals surface area (Å²) in [6.07, 6.45) is 5.81. The van der Waals surface area contributed by atoms with Gasteiger partial charge in [0.1, 0.15) is 5.82 Å². The van der Waals surface area contributed by atoms with Crippen LogP contribution < -0.4 is 5.32 Å². The molecule has 1 amide bonds. The third-order valence-corrected chi connectivity index (χ3v) is 4.81. The standard InChI is InChI=1S/C19H26N4O2/c1-22-11-8-20-18(22)16-6-2-3-7-17(16)19(25)21-9-12-23-10-4-5-15(13-23)14-24/h2-3,6-8,11,15,24H,4-5,9-10,12-14H2,1H3,(H,21,25). The van der Waals surface area contributed by atoms with Crippen LogP contribution in [-0.2, 0) is 7.05 Å². The number of amides is 1. The first-order valence-electron chi connectivity index (χ1n) is 8.87. The zero-order valence-electron chi connectivity index (χ0n) is 14.7. The van der Waals surface area contributed by atoms with Crippen LogP contribution in [0.4, 0.5) is 0 Å². The summed E-state index contributed by atoms with van der Waals surface area (Å²) in [4.78, 5) is 19.3. The molecule has 1 unspecified atom stereocenters. The first-order valence-corrected chi connectivity index (χ1v) is 8.87. The van der Waals surface area contributed by atoms with Gasteiger partial charge in [-0.3, -0.25) is 4.79 Å². The molecule has 134 valence electrons. The number of imidazole rings is 1. The van der Waals surface area contributed by atoms with E-state index in [1.54, 1.807) is 6.20 Å². The third-order valence-electron chi connectivity index (χ3n) is 4.81. The van der Waals surface area contributed by atoms with Crippen LogP contribution in [0.5, 0.6) is 0 Å². The van der Waals surface area contributed by atoms with Crippen LogP contribution in [0.15, 0.2) is 36.7 Å². The lowest BCUT2D eigenvalue weighted by Gasteiger charge is -2.31. The molecule has 1 fully saturated rings.